The Hall–Kier alpha value is -0.560. The van der Waals surface area contributed by atoms with Crippen LogP contribution < -0.4 is 11.1 Å². The van der Waals surface area contributed by atoms with E-state index in [-0.39, 0.29) is 5.82 Å². The van der Waals surface area contributed by atoms with Gasteiger partial charge in [0, 0.05) is 19.2 Å². The summed E-state index contributed by atoms with van der Waals surface area (Å²) >= 11 is 1.94. The lowest BCUT2D eigenvalue weighted by atomic mass is 10.1. The lowest BCUT2D eigenvalue weighted by Crippen LogP contribution is -2.22. The molecule has 1 saturated heterocycles. The Morgan fingerprint density at radius 2 is 2.28 bits per heavy atom. The van der Waals surface area contributed by atoms with Crippen molar-refractivity contribution in [2.24, 2.45) is 0 Å². The monoisotopic (exact) mass is 364 g/mol. The van der Waals surface area contributed by atoms with Crippen LogP contribution in [0.2, 0.25) is 0 Å². The van der Waals surface area contributed by atoms with E-state index in [2.05, 4.69) is 5.32 Å². The molecule has 1 aliphatic rings. The van der Waals surface area contributed by atoms with Crippen LogP contribution in [0.5, 0.6) is 0 Å². The molecule has 0 aliphatic carbocycles. The molecule has 0 spiro atoms. The molecule has 0 bridgehead atoms. The molecular weight excluding hydrogens is 346 g/mol. The van der Waals surface area contributed by atoms with Gasteiger partial charge >= 0.3 is 0 Å². The van der Waals surface area contributed by atoms with Gasteiger partial charge in [0.2, 0.25) is 0 Å². The number of nitrogens with two attached hydrogens (primary N) is 1. The Balaban J connectivity index is 1.84. The summed E-state index contributed by atoms with van der Waals surface area (Å²) in [4.78, 5) is 0. The Labute approximate surface area is 120 Å². The van der Waals surface area contributed by atoms with E-state index in [1.54, 1.807) is 6.07 Å². The van der Waals surface area contributed by atoms with Gasteiger partial charge in [-0.2, -0.15) is 0 Å². The fraction of sp³-hybridized carbons (Fsp3) is 0.538. The Morgan fingerprint density at radius 3 is 3.00 bits per heavy atom. The molecule has 0 aromatic heterocycles. The third kappa shape index (κ3) is 3.71. The number of ether oxygens (including phenoxy) is 1. The zero-order valence-electron chi connectivity index (χ0n) is 10.2. The summed E-state index contributed by atoms with van der Waals surface area (Å²) in [5, 5.41) is 3.18. The zero-order valence-corrected chi connectivity index (χ0v) is 12.4. The van der Waals surface area contributed by atoms with Crippen molar-refractivity contribution in [1.82, 2.24) is 0 Å². The van der Waals surface area contributed by atoms with E-state index < -0.39 is 0 Å². The standard InChI is InChI=1S/C13H18FIN2O/c14-10-7-13(12(16)8-11(10)15)17-5-4-9-3-1-2-6-18-9/h7-9,17H,1-6,16H2. The van der Waals surface area contributed by atoms with Crippen molar-refractivity contribution >= 4 is 34.0 Å². The van der Waals surface area contributed by atoms with Crippen LogP contribution in [0.4, 0.5) is 15.8 Å². The van der Waals surface area contributed by atoms with Crippen molar-refractivity contribution in [2.45, 2.75) is 31.8 Å². The average Bonchev–Trinajstić information content (AvgIpc) is 2.37. The SMILES string of the molecule is Nc1cc(I)c(F)cc1NCCC1CCCCO1. The molecule has 0 saturated carbocycles. The van der Waals surface area contributed by atoms with E-state index in [1.807, 2.05) is 22.6 Å². The van der Waals surface area contributed by atoms with Crippen LogP contribution in [0.25, 0.3) is 0 Å². The molecule has 1 atom stereocenters. The predicted octanol–water partition coefficient (Wildman–Crippen LogP) is 3.38. The first kappa shape index (κ1) is 13.9. The van der Waals surface area contributed by atoms with E-state index in [9.17, 15) is 4.39 Å². The first-order chi connectivity index (χ1) is 8.66. The Kier molecular flexibility index (Phi) is 5.05. The third-order valence-electron chi connectivity index (χ3n) is 3.15. The minimum Gasteiger partial charge on any atom is -0.397 e. The van der Waals surface area contributed by atoms with E-state index >= 15 is 0 Å². The maximum atomic E-state index is 13.4. The van der Waals surface area contributed by atoms with Crippen molar-refractivity contribution in [3.05, 3.63) is 21.5 Å². The summed E-state index contributed by atoms with van der Waals surface area (Å²) in [6.45, 7) is 1.62. The molecule has 1 aliphatic heterocycles. The zero-order chi connectivity index (χ0) is 13.0. The summed E-state index contributed by atoms with van der Waals surface area (Å²) in [6.07, 6.45) is 4.80. The Bertz CT molecular complexity index is 408. The quantitative estimate of drug-likeness (QED) is 0.636. The largest absolute Gasteiger partial charge is 0.397 e. The molecule has 0 radical (unpaired) electrons. The number of hydrogen-bond donors (Lipinski definition) is 2. The first-order valence-electron chi connectivity index (χ1n) is 6.27. The normalized spacial score (nSPS) is 19.8. The van der Waals surface area contributed by atoms with E-state index in [4.69, 9.17) is 10.5 Å². The minimum absolute atomic E-state index is 0.235. The van der Waals surface area contributed by atoms with Gasteiger partial charge in [-0.25, -0.2) is 4.39 Å². The first-order valence-corrected chi connectivity index (χ1v) is 7.34. The number of hydrogen-bond acceptors (Lipinski definition) is 3. The van der Waals surface area contributed by atoms with Gasteiger partial charge in [0.05, 0.1) is 21.0 Å². The highest BCUT2D eigenvalue weighted by Crippen LogP contribution is 2.24. The third-order valence-corrected chi connectivity index (χ3v) is 3.97. The summed E-state index contributed by atoms with van der Waals surface area (Å²) in [7, 11) is 0. The van der Waals surface area contributed by atoms with Crippen molar-refractivity contribution < 1.29 is 9.13 Å². The molecule has 3 nitrogen and oxygen atoms in total. The Morgan fingerprint density at radius 1 is 1.44 bits per heavy atom. The van der Waals surface area contributed by atoms with Gasteiger partial charge < -0.3 is 15.8 Å². The maximum absolute atomic E-state index is 13.4. The number of nitrogens with one attached hydrogen (secondary N) is 1. The predicted molar refractivity (Wildman–Crippen MR) is 80.2 cm³/mol. The molecule has 1 heterocycles. The number of halogens is 2. The molecule has 1 unspecified atom stereocenters. The fourth-order valence-corrected chi connectivity index (χ4v) is 2.61. The molecule has 0 amide bonds. The fourth-order valence-electron chi connectivity index (χ4n) is 2.12. The lowest BCUT2D eigenvalue weighted by molar-refractivity contribution is 0.0134. The molecule has 1 aromatic rings. The van der Waals surface area contributed by atoms with E-state index in [0.29, 0.717) is 21.0 Å². The molecule has 3 N–H and O–H groups in total. The van der Waals surface area contributed by atoms with Gasteiger partial charge in [-0.05, 0) is 54.3 Å². The molecule has 1 aromatic carbocycles. The van der Waals surface area contributed by atoms with Gasteiger partial charge in [0.15, 0.2) is 0 Å². The van der Waals surface area contributed by atoms with Crippen LogP contribution in [0.15, 0.2) is 12.1 Å². The highest BCUT2D eigenvalue weighted by Gasteiger charge is 2.13. The lowest BCUT2D eigenvalue weighted by Gasteiger charge is -2.22. The molecular formula is C13H18FIN2O. The summed E-state index contributed by atoms with van der Waals surface area (Å²) in [5.74, 6) is -0.235. The van der Waals surface area contributed by atoms with Crippen molar-refractivity contribution in [1.29, 1.82) is 0 Å². The van der Waals surface area contributed by atoms with Crippen LogP contribution in [-0.4, -0.2) is 19.3 Å². The average molecular weight is 364 g/mol. The van der Waals surface area contributed by atoms with Crippen LogP contribution >= 0.6 is 22.6 Å². The van der Waals surface area contributed by atoms with Gasteiger partial charge in [0.25, 0.3) is 0 Å². The van der Waals surface area contributed by atoms with Gasteiger partial charge in [-0.3, -0.25) is 0 Å². The topological polar surface area (TPSA) is 47.3 Å². The molecule has 2 rings (SSSR count). The van der Waals surface area contributed by atoms with Crippen molar-refractivity contribution in [2.75, 3.05) is 24.2 Å². The molecule has 5 heteroatoms. The second-order valence-corrected chi connectivity index (χ2v) is 5.72. The number of nitrogen functional groups attached to an aromatic ring is 1. The van der Waals surface area contributed by atoms with Crippen LogP contribution in [0.3, 0.4) is 0 Å². The molecule has 100 valence electrons. The second kappa shape index (κ2) is 6.56. The number of rotatable bonds is 4. The van der Waals surface area contributed by atoms with Gasteiger partial charge in [-0.15, -0.1) is 0 Å². The summed E-state index contributed by atoms with van der Waals surface area (Å²) < 4.78 is 19.6. The number of anilines is 2. The van der Waals surface area contributed by atoms with Crippen LogP contribution in [0.1, 0.15) is 25.7 Å². The van der Waals surface area contributed by atoms with Crippen LogP contribution in [-0.2, 0) is 4.74 Å². The van der Waals surface area contributed by atoms with Crippen LogP contribution in [0, 0.1) is 9.39 Å². The van der Waals surface area contributed by atoms with Crippen molar-refractivity contribution in [3.63, 3.8) is 0 Å². The molecule has 18 heavy (non-hydrogen) atoms. The molecule has 1 fully saturated rings. The second-order valence-electron chi connectivity index (χ2n) is 4.56. The van der Waals surface area contributed by atoms with Gasteiger partial charge in [0.1, 0.15) is 5.82 Å². The van der Waals surface area contributed by atoms with E-state index in [1.165, 1.54) is 18.9 Å². The van der Waals surface area contributed by atoms with E-state index in [0.717, 1.165) is 26.0 Å². The minimum atomic E-state index is -0.235. The highest BCUT2D eigenvalue weighted by atomic mass is 127. The van der Waals surface area contributed by atoms with Gasteiger partial charge in [-0.1, -0.05) is 0 Å². The maximum Gasteiger partial charge on any atom is 0.138 e. The van der Waals surface area contributed by atoms with Crippen molar-refractivity contribution in [3.8, 4) is 0 Å². The summed E-state index contributed by atoms with van der Waals surface area (Å²) in [5.41, 5.74) is 7.10. The summed E-state index contributed by atoms with van der Waals surface area (Å²) in [6, 6.07) is 3.11. The smallest absolute Gasteiger partial charge is 0.138 e. The highest BCUT2D eigenvalue weighted by molar-refractivity contribution is 14.1. The number of benzene rings is 1.